The molecule has 0 atom stereocenters. The number of aryl methyl sites for hydroxylation is 1. The van der Waals surface area contributed by atoms with Crippen LogP contribution in [0.25, 0.3) is 0 Å². The highest BCUT2D eigenvalue weighted by atomic mass is 32.2. The van der Waals surface area contributed by atoms with Crippen molar-refractivity contribution in [1.29, 1.82) is 0 Å². The van der Waals surface area contributed by atoms with Gasteiger partial charge in [-0.05, 0) is 30.0 Å². The molecule has 0 saturated carbocycles. The molecule has 0 aliphatic carbocycles. The molecule has 0 saturated heterocycles. The molecule has 17 heavy (non-hydrogen) atoms. The van der Waals surface area contributed by atoms with Crippen LogP contribution in [-0.2, 0) is 10.0 Å². The number of hydrogen-bond acceptors (Lipinski definition) is 2. The summed E-state index contributed by atoms with van der Waals surface area (Å²) < 4.78 is 26.0. The van der Waals surface area contributed by atoms with Crippen LogP contribution in [0.15, 0.2) is 29.2 Å². The molecule has 0 amide bonds. The van der Waals surface area contributed by atoms with E-state index in [9.17, 15) is 8.42 Å². The van der Waals surface area contributed by atoms with E-state index < -0.39 is 10.0 Å². The smallest absolute Gasteiger partial charge is 0.207 e. The Morgan fingerprint density at radius 1 is 1.24 bits per heavy atom. The van der Waals surface area contributed by atoms with Crippen molar-refractivity contribution in [2.24, 2.45) is 5.41 Å². The predicted octanol–water partition coefficient (Wildman–Crippen LogP) is 2.66. The lowest BCUT2D eigenvalue weighted by Gasteiger charge is -2.26. The summed E-state index contributed by atoms with van der Waals surface area (Å²) in [5, 5.41) is 0. The van der Waals surface area contributed by atoms with E-state index >= 15 is 0 Å². The van der Waals surface area contributed by atoms with Crippen LogP contribution in [0.3, 0.4) is 0 Å². The van der Waals surface area contributed by atoms with Crippen molar-refractivity contribution >= 4 is 10.0 Å². The molecule has 3 nitrogen and oxygen atoms in total. The highest BCUT2D eigenvalue weighted by Gasteiger charge is 2.25. The Kier molecular flexibility index (Phi) is 3.99. The quantitative estimate of drug-likeness (QED) is 0.832. The van der Waals surface area contributed by atoms with E-state index in [0.29, 0.717) is 11.4 Å². The Labute approximate surface area is 105 Å². The summed E-state index contributed by atoms with van der Waals surface area (Å²) in [4.78, 5) is 0.365. The molecule has 1 aromatic carbocycles. The first-order valence-electron chi connectivity index (χ1n) is 5.66. The topological polar surface area (TPSA) is 37.4 Å². The number of rotatable bonds is 3. The maximum atomic E-state index is 12.3. The molecule has 1 aromatic rings. The van der Waals surface area contributed by atoms with Gasteiger partial charge in [-0.3, -0.25) is 0 Å². The molecule has 0 N–H and O–H groups in total. The van der Waals surface area contributed by atoms with E-state index in [1.807, 2.05) is 33.8 Å². The first kappa shape index (κ1) is 14.2. The van der Waals surface area contributed by atoms with Crippen molar-refractivity contribution in [3.8, 4) is 0 Å². The lowest BCUT2D eigenvalue weighted by molar-refractivity contribution is 0.311. The molecular weight excluding hydrogens is 234 g/mol. The minimum atomic E-state index is -3.36. The van der Waals surface area contributed by atoms with Gasteiger partial charge < -0.3 is 0 Å². The van der Waals surface area contributed by atoms with Gasteiger partial charge >= 0.3 is 0 Å². The second-order valence-corrected chi connectivity index (χ2v) is 7.68. The van der Waals surface area contributed by atoms with Gasteiger partial charge in [-0.2, -0.15) is 0 Å². The fourth-order valence-corrected chi connectivity index (χ4v) is 3.21. The Morgan fingerprint density at radius 2 is 1.82 bits per heavy atom. The van der Waals surface area contributed by atoms with E-state index in [4.69, 9.17) is 0 Å². The molecule has 0 aliphatic heterocycles. The van der Waals surface area contributed by atoms with Crippen LogP contribution >= 0.6 is 0 Å². The van der Waals surface area contributed by atoms with Gasteiger partial charge in [0.05, 0.1) is 4.90 Å². The highest BCUT2D eigenvalue weighted by Crippen LogP contribution is 2.21. The summed E-state index contributed by atoms with van der Waals surface area (Å²) in [5.41, 5.74) is 0.904. The van der Waals surface area contributed by atoms with Crippen LogP contribution in [0.2, 0.25) is 0 Å². The summed E-state index contributed by atoms with van der Waals surface area (Å²) in [6.07, 6.45) is 0. The van der Waals surface area contributed by atoms with Gasteiger partial charge in [-0.1, -0.05) is 32.9 Å². The van der Waals surface area contributed by atoms with Crippen LogP contribution in [0, 0.1) is 12.3 Å². The van der Waals surface area contributed by atoms with Crippen LogP contribution < -0.4 is 0 Å². The standard InChI is InChI=1S/C13H21NO2S/c1-11-7-6-8-12(9-11)17(15,16)14(5)10-13(2,3)4/h6-9H,10H2,1-5H3. The predicted molar refractivity (Wildman–Crippen MR) is 70.4 cm³/mol. The van der Waals surface area contributed by atoms with E-state index in [1.165, 1.54) is 4.31 Å². The number of nitrogens with zero attached hydrogens (tertiary/aromatic N) is 1. The molecule has 0 spiro atoms. The fraction of sp³-hybridized carbons (Fsp3) is 0.538. The first-order valence-corrected chi connectivity index (χ1v) is 7.10. The molecule has 1 rings (SSSR count). The second kappa shape index (κ2) is 4.78. The van der Waals surface area contributed by atoms with Gasteiger partial charge in [0, 0.05) is 13.6 Å². The molecule has 0 bridgehead atoms. The van der Waals surface area contributed by atoms with Gasteiger partial charge in [-0.25, -0.2) is 12.7 Å². The molecular formula is C13H21NO2S. The second-order valence-electron chi connectivity index (χ2n) is 5.64. The van der Waals surface area contributed by atoms with Crippen molar-refractivity contribution in [2.45, 2.75) is 32.6 Å². The summed E-state index contributed by atoms with van der Waals surface area (Å²) >= 11 is 0. The molecule has 0 aromatic heterocycles. The molecule has 96 valence electrons. The van der Waals surface area contributed by atoms with Crippen molar-refractivity contribution < 1.29 is 8.42 Å². The van der Waals surface area contributed by atoms with E-state index in [2.05, 4.69) is 0 Å². The van der Waals surface area contributed by atoms with Crippen molar-refractivity contribution in [3.05, 3.63) is 29.8 Å². The summed E-state index contributed by atoms with van der Waals surface area (Å²) in [7, 11) is -1.73. The molecule has 0 unspecified atom stereocenters. The average Bonchev–Trinajstić information content (AvgIpc) is 2.15. The van der Waals surface area contributed by atoms with Crippen molar-refractivity contribution in [1.82, 2.24) is 4.31 Å². The fourth-order valence-electron chi connectivity index (χ4n) is 1.71. The maximum Gasteiger partial charge on any atom is 0.242 e. The third kappa shape index (κ3) is 3.82. The van der Waals surface area contributed by atoms with E-state index in [0.717, 1.165) is 5.56 Å². The zero-order valence-electron chi connectivity index (χ0n) is 11.2. The SMILES string of the molecule is Cc1cccc(S(=O)(=O)N(C)CC(C)(C)C)c1. The zero-order chi connectivity index (χ0) is 13.3. The Hall–Kier alpha value is -0.870. The van der Waals surface area contributed by atoms with E-state index in [-0.39, 0.29) is 5.41 Å². The summed E-state index contributed by atoms with van der Waals surface area (Å²) in [6, 6.07) is 7.01. The maximum absolute atomic E-state index is 12.3. The molecule has 0 heterocycles. The lowest BCUT2D eigenvalue weighted by Crippen LogP contribution is -2.34. The third-order valence-electron chi connectivity index (χ3n) is 2.39. The average molecular weight is 255 g/mol. The molecule has 0 fully saturated rings. The normalized spacial score (nSPS) is 13.1. The van der Waals surface area contributed by atoms with Gasteiger partial charge in [0.15, 0.2) is 0 Å². The molecule has 0 aliphatic rings. The molecule has 4 heteroatoms. The van der Waals surface area contributed by atoms with Gasteiger partial charge in [-0.15, -0.1) is 0 Å². The lowest BCUT2D eigenvalue weighted by atomic mass is 9.97. The van der Waals surface area contributed by atoms with Crippen molar-refractivity contribution in [2.75, 3.05) is 13.6 Å². The van der Waals surface area contributed by atoms with Gasteiger partial charge in [0.2, 0.25) is 10.0 Å². The zero-order valence-corrected chi connectivity index (χ0v) is 12.0. The number of sulfonamides is 1. The van der Waals surface area contributed by atoms with E-state index in [1.54, 1.807) is 25.2 Å². The number of benzene rings is 1. The summed E-state index contributed by atoms with van der Waals surface area (Å²) in [5.74, 6) is 0. The largest absolute Gasteiger partial charge is 0.242 e. The van der Waals surface area contributed by atoms with Crippen LogP contribution in [0.5, 0.6) is 0 Å². The first-order chi connectivity index (χ1) is 7.63. The summed E-state index contributed by atoms with van der Waals surface area (Å²) in [6.45, 7) is 8.46. The Balaban J connectivity index is 3.04. The molecule has 0 radical (unpaired) electrons. The van der Waals surface area contributed by atoms with Gasteiger partial charge in [0.1, 0.15) is 0 Å². The third-order valence-corrected chi connectivity index (χ3v) is 4.19. The Morgan fingerprint density at radius 3 is 2.29 bits per heavy atom. The van der Waals surface area contributed by atoms with Crippen molar-refractivity contribution in [3.63, 3.8) is 0 Å². The van der Waals surface area contributed by atoms with Crippen LogP contribution in [0.1, 0.15) is 26.3 Å². The minimum absolute atomic E-state index is 0.0500. The Bertz CT molecular complexity index is 486. The minimum Gasteiger partial charge on any atom is -0.207 e. The monoisotopic (exact) mass is 255 g/mol. The van der Waals surface area contributed by atoms with Gasteiger partial charge in [0.25, 0.3) is 0 Å². The van der Waals surface area contributed by atoms with Crippen LogP contribution in [-0.4, -0.2) is 26.3 Å². The highest BCUT2D eigenvalue weighted by molar-refractivity contribution is 7.89. The number of hydrogen-bond donors (Lipinski definition) is 0. The van der Waals surface area contributed by atoms with Crippen LogP contribution in [0.4, 0.5) is 0 Å².